The number of carbonyl (C=O) groups excluding carboxylic acids is 1. The normalized spacial score (nSPS) is 39.1. The van der Waals surface area contributed by atoms with Crippen molar-refractivity contribution in [3.05, 3.63) is 12.2 Å². The third-order valence-corrected chi connectivity index (χ3v) is 4.24. The molecule has 104 valence electrons. The Balaban J connectivity index is 1.79. The number of aliphatic carboxylic acids is 1. The molecule has 0 aromatic rings. The molecular formula is C13H17NO5. The first-order valence-corrected chi connectivity index (χ1v) is 6.47. The molecule has 1 spiro atoms. The molecule has 1 N–H and O–H groups in total. The van der Waals surface area contributed by atoms with E-state index in [9.17, 15) is 14.7 Å². The number of ether oxygens (including phenoxy) is 2. The van der Waals surface area contributed by atoms with E-state index in [1.165, 1.54) is 0 Å². The van der Waals surface area contributed by atoms with Gasteiger partial charge in [0.05, 0.1) is 18.6 Å². The SMILES string of the molecule is COCCCN1C[C@@]23C=C[C@H](O2)[C@@H](C(=O)O)[C@H]3C1=O. The van der Waals surface area contributed by atoms with Gasteiger partial charge >= 0.3 is 5.97 Å². The molecule has 3 rings (SSSR count). The van der Waals surface area contributed by atoms with Crippen LogP contribution in [0.25, 0.3) is 0 Å². The van der Waals surface area contributed by atoms with E-state index in [-0.39, 0.29) is 5.91 Å². The van der Waals surface area contributed by atoms with Gasteiger partial charge in [0.1, 0.15) is 11.5 Å². The second-order valence-electron chi connectivity index (χ2n) is 5.34. The van der Waals surface area contributed by atoms with Crippen LogP contribution in [0.5, 0.6) is 0 Å². The molecule has 2 bridgehead atoms. The van der Waals surface area contributed by atoms with E-state index < -0.39 is 29.5 Å². The first-order chi connectivity index (χ1) is 9.09. The molecule has 0 saturated carbocycles. The summed E-state index contributed by atoms with van der Waals surface area (Å²) in [4.78, 5) is 25.4. The lowest BCUT2D eigenvalue weighted by atomic mass is 9.77. The highest BCUT2D eigenvalue weighted by Gasteiger charge is 2.66. The summed E-state index contributed by atoms with van der Waals surface area (Å²) < 4.78 is 10.8. The molecule has 6 heteroatoms. The fourth-order valence-electron chi connectivity index (χ4n) is 3.45. The number of carboxylic acids is 1. The van der Waals surface area contributed by atoms with E-state index in [0.717, 1.165) is 6.42 Å². The number of fused-ring (bicyclic) bond motifs is 1. The monoisotopic (exact) mass is 267 g/mol. The third-order valence-electron chi connectivity index (χ3n) is 4.24. The molecule has 3 aliphatic heterocycles. The minimum Gasteiger partial charge on any atom is -0.481 e. The van der Waals surface area contributed by atoms with Gasteiger partial charge in [0.15, 0.2) is 0 Å². The van der Waals surface area contributed by atoms with Gasteiger partial charge in [-0.15, -0.1) is 0 Å². The molecule has 0 aliphatic carbocycles. The maximum absolute atomic E-state index is 12.4. The highest BCUT2D eigenvalue weighted by Crippen LogP contribution is 2.51. The van der Waals surface area contributed by atoms with Gasteiger partial charge in [-0.05, 0) is 6.42 Å². The number of amides is 1. The van der Waals surface area contributed by atoms with Crippen LogP contribution in [0, 0.1) is 11.8 Å². The lowest BCUT2D eigenvalue weighted by Gasteiger charge is -2.21. The molecule has 0 radical (unpaired) electrons. The van der Waals surface area contributed by atoms with Crippen LogP contribution >= 0.6 is 0 Å². The fraction of sp³-hybridized carbons (Fsp3) is 0.692. The second-order valence-corrected chi connectivity index (χ2v) is 5.34. The smallest absolute Gasteiger partial charge is 0.310 e. The van der Waals surface area contributed by atoms with Crippen molar-refractivity contribution < 1.29 is 24.2 Å². The maximum Gasteiger partial charge on any atom is 0.310 e. The zero-order valence-corrected chi connectivity index (χ0v) is 10.7. The Hall–Kier alpha value is -1.40. The Morgan fingerprint density at radius 1 is 1.68 bits per heavy atom. The fourth-order valence-corrected chi connectivity index (χ4v) is 3.45. The van der Waals surface area contributed by atoms with Crippen molar-refractivity contribution in [3.63, 3.8) is 0 Å². The van der Waals surface area contributed by atoms with Gasteiger partial charge in [0.2, 0.25) is 5.91 Å². The van der Waals surface area contributed by atoms with E-state index in [0.29, 0.717) is 19.7 Å². The van der Waals surface area contributed by atoms with Crippen LogP contribution in [-0.2, 0) is 19.1 Å². The molecule has 0 aromatic carbocycles. The van der Waals surface area contributed by atoms with Gasteiger partial charge in [0.25, 0.3) is 0 Å². The molecule has 3 heterocycles. The van der Waals surface area contributed by atoms with Gasteiger partial charge in [-0.25, -0.2) is 0 Å². The van der Waals surface area contributed by atoms with E-state index in [1.54, 1.807) is 18.1 Å². The van der Waals surface area contributed by atoms with Crippen molar-refractivity contribution in [2.24, 2.45) is 11.8 Å². The van der Waals surface area contributed by atoms with Crippen LogP contribution in [0.1, 0.15) is 6.42 Å². The van der Waals surface area contributed by atoms with Gasteiger partial charge in [0, 0.05) is 20.3 Å². The Labute approximate surface area is 111 Å². The summed E-state index contributed by atoms with van der Waals surface area (Å²) in [6, 6.07) is 0. The third kappa shape index (κ3) is 1.70. The Morgan fingerprint density at radius 2 is 2.47 bits per heavy atom. The highest BCUT2D eigenvalue weighted by atomic mass is 16.5. The van der Waals surface area contributed by atoms with E-state index in [4.69, 9.17) is 9.47 Å². The summed E-state index contributed by atoms with van der Waals surface area (Å²) in [7, 11) is 1.62. The average Bonchev–Trinajstić information content (AvgIpc) is 2.99. The minimum atomic E-state index is -0.951. The van der Waals surface area contributed by atoms with Crippen LogP contribution in [-0.4, -0.2) is 60.4 Å². The van der Waals surface area contributed by atoms with Crippen molar-refractivity contribution in [3.8, 4) is 0 Å². The highest BCUT2D eigenvalue weighted by molar-refractivity contribution is 5.90. The second kappa shape index (κ2) is 4.31. The van der Waals surface area contributed by atoms with Gasteiger partial charge in [-0.2, -0.15) is 0 Å². The summed E-state index contributed by atoms with van der Waals surface area (Å²) in [5.41, 5.74) is -0.710. The summed E-state index contributed by atoms with van der Waals surface area (Å²) >= 11 is 0. The topological polar surface area (TPSA) is 76.1 Å². The van der Waals surface area contributed by atoms with Crippen LogP contribution in [0.4, 0.5) is 0 Å². The van der Waals surface area contributed by atoms with Crippen LogP contribution < -0.4 is 0 Å². The molecule has 0 aromatic heterocycles. The maximum atomic E-state index is 12.4. The summed E-state index contributed by atoms with van der Waals surface area (Å²) in [5.74, 6) is -2.36. The van der Waals surface area contributed by atoms with E-state index >= 15 is 0 Å². The van der Waals surface area contributed by atoms with Crippen molar-refractivity contribution in [2.45, 2.75) is 18.1 Å². The number of hydrogen-bond donors (Lipinski definition) is 1. The molecule has 2 saturated heterocycles. The summed E-state index contributed by atoms with van der Waals surface area (Å²) in [5, 5.41) is 9.29. The van der Waals surface area contributed by atoms with E-state index in [2.05, 4.69) is 0 Å². The van der Waals surface area contributed by atoms with Crippen LogP contribution in [0.3, 0.4) is 0 Å². The Kier molecular flexibility index (Phi) is 2.87. The van der Waals surface area contributed by atoms with Crippen molar-refractivity contribution in [1.29, 1.82) is 0 Å². The summed E-state index contributed by atoms with van der Waals surface area (Å²) in [6.07, 6.45) is 3.94. The minimum absolute atomic E-state index is 0.102. The van der Waals surface area contributed by atoms with Crippen molar-refractivity contribution in [1.82, 2.24) is 4.90 Å². The predicted octanol–water partition coefficient (Wildman–Crippen LogP) is -0.111. The van der Waals surface area contributed by atoms with Gasteiger partial charge in [-0.3, -0.25) is 9.59 Å². The molecule has 19 heavy (non-hydrogen) atoms. The number of rotatable bonds is 5. The lowest BCUT2D eigenvalue weighted by molar-refractivity contribution is -0.148. The largest absolute Gasteiger partial charge is 0.481 e. The zero-order chi connectivity index (χ0) is 13.6. The number of carboxylic acid groups (broad SMARTS) is 1. The van der Waals surface area contributed by atoms with Crippen LogP contribution in [0.15, 0.2) is 12.2 Å². The van der Waals surface area contributed by atoms with Crippen molar-refractivity contribution >= 4 is 11.9 Å². The molecular weight excluding hydrogens is 250 g/mol. The summed E-state index contributed by atoms with van der Waals surface area (Å²) in [6.45, 7) is 1.62. The Bertz CT molecular complexity index is 448. The number of hydrogen-bond acceptors (Lipinski definition) is 4. The molecule has 2 fully saturated rings. The van der Waals surface area contributed by atoms with E-state index in [1.807, 2.05) is 6.08 Å². The number of likely N-dealkylation sites (tertiary alicyclic amines) is 1. The van der Waals surface area contributed by atoms with Gasteiger partial charge < -0.3 is 19.5 Å². The average molecular weight is 267 g/mol. The van der Waals surface area contributed by atoms with Gasteiger partial charge in [-0.1, -0.05) is 12.2 Å². The van der Waals surface area contributed by atoms with Crippen LogP contribution in [0.2, 0.25) is 0 Å². The van der Waals surface area contributed by atoms with Crippen molar-refractivity contribution in [2.75, 3.05) is 26.8 Å². The Morgan fingerprint density at radius 3 is 3.16 bits per heavy atom. The standard InChI is InChI=1S/C13H17NO5/c1-18-6-2-5-14-7-13-4-3-8(19-13)9(12(16)17)10(13)11(14)15/h3-4,8-10H,2,5-7H2,1H3,(H,16,17)/t8-,9+,10-,13+/m0/s1. The molecule has 3 aliphatic rings. The number of nitrogens with zero attached hydrogens (tertiary/aromatic N) is 1. The quantitative estimate of drug-likeness (QED) is 0.555. The molecule has 0 unspecified atom stereocenters. The number of carbonyl (C=O) groups is 2. The molecule has 6 nitrogen and oxygen atoms in total. The first kappa shape index (κ1) is 12.6. The molecule has 4 atom stereocenters. The first-order valence-electron chi connectivity index (χ1n) is 6.47. The molecule has 1 amide bonds. The number of methoxy groups -OCH3 is 1. The predicted molar refractivity (Wildman–Crippen MR) is 64.4 cm³/mol. The zero-order valence-electron chi connectivity index (χ0n) is 10.7. The lowest BCUT2D eigenvalue weighted by Crippen LogP contribution is -2.39.